The number of methoxy groups -OCH3 is 4. The summed E-state index contributed by atoms with van der Waals surface area (Å²) < 4.78 is 104. The number of ether oxygens (including phenoxy) is 6. The first-order valence-corrected chi connectivity index (χ1v) is 17.4. The Labute approximate surface area is 297 Å². The third kappa shape index (κ3) is 9.04. The highest BCUT2D eigenvalue weighted by molar-refractivity contribution is 7.84. The smallest absolute Gasteiger partial charge is 0.387 e. The van der Waals surface area contributed by atoms with Crippen LogP contribution in [0.4, 0.5) is 17.6 Å². The molecule has 276 valence electrons. The zero-order valence-corrected chi connectivity index (χ0v) is 29.4. The fourth-order valence-corrected chi connectivity index (χ4v) is 6.82. The molecular formula is C32H30F4N6O8S2. The molecule has 6 rings (SSSR count). The second-order valence-corrected chi connectivity index (χ2v) is 12.9. The van der Waals surface area contributed by atoms with E-state index in [-0.39, 0.29) is 33.3 Å². The van der Waals surface area contributed by atoms with Crippen LogP contribution in [0, 0.1) is 0 Å². The number of hydrogen-bond donors (Lipinski definition) is 2. The molecule has 20 heteroatoms. The van der Waals surface area contributed by atoms with Crippen LogP contribution in [0.25, 0.3) is 22.1 Å². The van der Waals surface area contributed by atoms with Gasteiger partial charge in [-0.3, -0.25) is 18.4 Å². The molecule has 0 saturated carbocycles. The minimum Gasteiger partial charge on any atom is -0.493 e. The Morgan fingerprint density at radius 1 is 0.615 bits per heavy atom. The highest BCUT2D eigenvalue weighted by Crippen LogP contribution is 2.32. The van der Waals surface area contributed by atoms with Crippen LogP contribution in [0.5, 0.6) is 34.5 Å². The Hall–Kier alpha value is -5.50. The molecule has 2 aromatic carbocycles. The number of benzene rings is 2. The summed E-state index contributed by atoms with van der Waals surface area (Å²) in [5, 5.41) is 0.390. The van der Waals surface area contributed by atoms with Crippen LogP contribution in [-0.4, -0.2) is 80.0 Å². The summed E-state index contributed by atoms with van der Waals surface area (Å²) in [5.74, 6) is 1.82. The lowest BCUT2D eigenvalue weighted by atomic mass is 10.3. The lowest BCUT2D eigenvalue weighted by Gasteiger charge is -2.10. The quantitative estimate of drug-likeness (QED) is 0.129. The molecule has 2 atom stereocenters. The molecule has 0 aliphatic rings. The molecule has 0 amide bonds. The molecular weight excluding hydrogens is 737 g/mol. The first-order chi connectivity index (χ1) is 25.0. The van der Waals surface area contributed by atoms with Gasteiger partial charge in [-0.1, -0.05) is 0 Å². The first-order valence-electron chi connectivity index (χ1n) is 14.8. The predicted octanol–water partition coefficient (Wildman–Crippen LogP) is 5.77. The number of fused-ring (bicyclic) bond motifs is 2. The van der Waals surface area contributed by atoms with Crippen molar-refractivity contribution >= 4 is 43.7 Å². The summed E-state index contributed by atoms with van der Waals surface area (Å²) in [7, 11) is 2.81. The monoisotopic (exact) mass is 766 g/mol. The third-order valence-corrected chi connectivity index (χ3v) is 9.33. The van der Waals surface area contributed by atoms with Crippen LogP contribution in [0.3, 0.4) is 0 Å². The van der Waals surface area contributed by atoms with E-state index in [0.717, 1.165) is 0 Å². The van der Waals surface area contributed by atoms with Crippen molar-refractivity contribution in [2.45, 2.75) is 35.0 Å². The van der Waals surface area contributed by atoms with Crippen molar-refractivity contribution in [2.24, 2.45) is 0 Å². The number of pyridine rings is 2. The number of halogens is 4. The second kappa shape index (κ2) is 17.1. The minimum absolute atomic E-state index is 0.00962. The summed E-state index contributed by atoms with van der Waals surface area (Å²) in [6.07, 6.45) is 3.06. The first kappa shape index (κ1) is 37.7. The van der Waals surface area contributed by atoms with Gasteiger partial charge in [0.2, 0.25) is 0 Å². The van der Waals surface area contributed by atoms with Gasteiger partial charge in [0, 0.05) is 36.7 Å². The Morgan fingerprint density at radius 3 is 1.37 bits per heavy atom. The van der Waals surface area contributed by atoms with Crippen LogP contribution in [-0.2, 0) is 33.1 Å². The predicted molar refractivity (Wildman–Crippen MR) is 180 cm³/mol. The largest absolute Gasteiger partial charge is 0.493 e. The van der Waals surface area contributed by atoms with E-state index in [9.17, 15) is 26.0 Å². The van der Waals surface area contributed by atoms with E-state index < -0.39 is 34.8 Å². The summed E-state index contributed by atoms with van der Waals surface area (Å²) in [6, 6.07) is 11.8. The third-order valence-electron chi connectivity index (χ3n) is 7.01. The fraction of sp³-hybridized carbons (Fsp3) is 0.250. The molecule has 4 heterocycles. The highest BCUT2D eigenvalue weighted by Gasteiger charge is 2.19. The van der Waals surface area contributed by atoms with E-state index in [0.29, 0.717) is 56.5 Å². The van der Waals surface area contributed by atoms with E-state index in [1.165, 1.54) is 77.2 Å². The van der Waals surface area contributed by atoms with Gasteiger partial charge in [-0.05, 0) is 24.3 Å². The van der Waals surface area contributed by atoms with Crippen molar-refractivity contribution in [3.05, 3.63) is 72.3 Å². The number of nitrogens with zero attached hydrogens (tertiary/aromatic N) is 4. The van der Waals surface area contributed by atoms with Gasteiger partial charge >= 0.3 is 13.2 Å². The van der Waals surface area contributed by atoms with Crippen LogP contribution >= 0.6 is 0 Å². The number of alkyl halides is 4. The number of aromatic amines is 2. The standard InChI is InChI=1S/2C16H15F2N3O4S/c2*1-23-13-5-6-19-12(14(13)24-2)8-26(22)16-20-10-4-3-9(25-15(17)18)7-11(10)21-16/h2*3-7,15H,8H2,1-2H3,(H,20,21)/t2*26-/m10/s1. The van der Waals surface area contributed by atoms with Crippen LogP contribution < -0.4 is 28.4 Å². The molecule has 14 nitrogen and oxygen atoms in total. The maximum absolute atomic E-state index is 12.6. The van der Waals surface area contributed by atoms with Gasteiger partial charge in [0.1, 0.15) is 11.5 Å². The molecule has 0 saturated heterocycles. The molecule has 52 heavy (non-hydrogen) atoms. The molecule has 0 spiro atoms. The van der Waals surface area contributed by atoms with Gasteiger partial charge in [0.25, 0.3) is 0 Å². The number of H-pyrrole nitrogens is 2. The maximum atomic E-state index is 12.6. The summed E-state index contributed by atoms with van der Waals surface area (Å²) >= 11 is 0. The Kier molecular flexibility index (Phi) is 12.4. The lowest BCUT2D eigenvalue weighted by molar-refractivity contribution is -0.0504. The number of imidazole rings is 2. The SMILES string of the molecule is COc1ccnc(C[S@@](=O)c2nc3ccc(OC(F)F)cc3[nH]2)c1OC.COc1ccnc(C[S@](=O)c2nc3ccc(OC(F)F)cc3[nH]2)c1OC. The van der Waals surface area contributed by atoms with Gasteiger partial charge in [-0.2, -0.15) is 17.6 Å². The van der Waals surface area contributed by atoms with Crippen molar-refractivity contribution in [1.82, 2.24) is 29.9 Å². The average Bonchev–Trinajstić information content (AvgIpc) is 3.75. The Morgan fingerprint density at radius 2 is 1.02 bits per heavy atom. The van der Waals surface area contributed by atoms with Gasteiger partial charge in [0.05, 0.1) is 95.0 Å². The normalized spacial score (nSPS) is 12.3. The number of hydrogen-bond acceptors (Lipinski definition) is 12. The number of aromatic nitrogens is 6. The average molecular weight is 767 g/mol. The zero-order valence-electron chi connectivity index (χ0n) is 27.7. The summed E-state index contributed by atoms with van der Waals surface area (Å²) in [5.41, 5.74) is 2.76. The van der Waals surface area contributed by atoms with Crippen molar-refractivity contribution < 1.29 is 54.4 Å². The number of nitrogens with one attached hydrogen (secondary N) is 2. The van der Waals surface area contributed by atoms with Crippen molar-refractivity contribution in [3.63, 3.8) is 0 Å². The van der Waals surface area contributed by atoms with Crippen LogP contribution in [0.2, 0.25) is 0 Å². The van der Waals surface area contributed by atoms with E-state index in [1.54, 1.807) is 12.1 Å². The highest BCUT2D eigenvalue weighted by atomic mass is 32.2. The number of rotatable bonds is 14. The van der Waals surface area contributed by atoms with E-state index in [4.69, 9.17) is 18.9 Å². The molecule has 4 aromatic heterocycles. The van der Waals surface area contributed by atoms with E-state index in [1.807, 2.05) is 0 Å². The molecule has 0 bridgehead atoms. The molecule has 0 unspecified atom stereocenters. The Bertz CT molecular complexity index is 2050. The molecule has 0 aliphatic carbocycles. The van der Waals surface area contributed by atoms with Crippen LogP contribution in [0.15, 0.2) is 71.2 Å². The van der Waals surface area contributed by atoms with Crippen molar-refractivity contribution in [3.8, 4) is 34.5 Å². The van der Waals surface area contributed by atoms with Crippen molar-refractivity contribution in [2.75, 3.05) is 28.4 Å². The Balaban J connectivity index is 0.000000201. The molecule has 0 radical (unpaired) electrons. The van der Waals surface area contributed by atoms with Gasteiger partial charge in [-0.15, -0.1) is 0 Å². The van der Waals surface area contributed by atoms with Gasteiger partial charge in [-0.25, -0.2) is 9.97 Å². The summed E-state index contributed by atoms with van der Waals surface area (Å²) in [4.78, 5) is 22.5. The molecule has 0 aliphatic heterocycles. The zero-order chi connectivity index (χ0) is 37.4. The lowest BCUT2D eigenvalue weighted by Crippen LogP contribution is -2.04. The molecule has 6 aromatic rings. The van der Waals surface area contributed by atoms with E-state index in [2.05, 4.69) is 39.4 Å². The minimum atomic E-state index is -2.92. The molecule has 2 N–H and O–H groups in total. The van der Waals surface area contributed by atoms with Crippen LogP contribution in [0.1, 0.15) is 11.4 Å². The molecule has 0 fully saturated rings. The second-order valence-electron chi connectivity index (χ2n) is 10.2. The van der Waals surface area contributed by atoms with Gasteiger partial charge in [0.15, 0.2) is 33.3 Å². The van der Waals surface area contributed by atoms with E-state index >= 15 is 0 Å². The van der Waals surface area contributed by atoms with Crippen molar-refractivity contribution in [1.29, 1.82) is 0 Å². The topological polar surface area (TPSA) is 173 Å². The summed E-state index contributed by atoms with van der Waals surface area (Å²) in [6.45, 7) is -5.84. The fourth-order valence-electron chi connectivity index (χ4n) is 4.79. The maximum Gasteiger partial charge on any atom is 0.387 e. The van der Waals surface area contributed by atoms with Gasteiger partial charge < -0.3 is 38.4 Å².